The molecule has 0 saturated carbocycles. The van der Waals surface area contributed by atoms with Gasteiger partial charge in [-0.25, -0.2) is 0 Å². The van der Waals surface area contributed by atoms with Gasteiger partial charge in [0.05, 0.1) is 6.61 Å². The minimum Gasteiger partial charge on any atom is -0.465 e. The van der Waals surface area contributed by atoms with Crippen LogP contribution in [-0.2, 0) is 9.53 Å². The summed E-state index contributed by atoms with van der Waals surface area (Å²) in [5, 5.41) is 0. The van der Waals surface area contributed by atoms with E-state index in [1.54, 1.807) is 0 Å². The highest BCUT2D eigenvalue weighted by Crippen LogP contribution is 2.14. The molecule has 1 fully saturated rings. The van der Waals surface area contributed by atoms with Gasteiger partial charge < -0.3 is 4.74 Å². The molecular weight excluding hydrogens is 116 g/mol. The summed E-state index contributed by atoms with van der Waals surface area (Å²) in [5.41, 5.74) is 0. The zero-order valence-corrected chi connectivity index (χ0v) is 5.30. The van der Waals surface area contributed by atoms with Gasteiger partial charge in [0, 0.05) is 12.3 Å². The van der Waals surface area contributed by atoms with Crippen molar-refractivity contribution in [3.05, 3.63) is 12.7 Å². The lowest BCUT2D eigenvalue weighted by molar-refractivity contribution is -0.148. The van der Waals surface area contributed by atoms with Gasteiger partial charge in [-0.15, -0.1) is 6.58 Å². The van der Waals surface area contributed by atoms with Gasteiger partial charge in [0.25, 0.3) is 0 Å². The van der Waals surface area contributed by atoms with Crippen molar-refractivity contribution in [2.75, 3.05) is 6.61 Å². The molecule has 1 rings (SSSR count). The highest BCUT2D eigenvalue weighted by Gasteiger charge is 2.16. The Morgan fingerprint density at radius 2 is 2.56 bits per heavy atom. The third-order valence-electron chi connectivity index (χ3n) is 1.51. The van der Waals surface area contributed by atoms with Crippen LogP contribution in [0.3, 0.4) is 0 Å². The van der Waals surface area contributed by atoms with Gasteiger partial charge in [0.15, 0.2) is 0 Å². The zero-order chi connectivity index (χ0) is 6.69. The summed E-state index contributed by atoms with van der Waals surface area (Å²) in [6.45, 7) is 4.15. The molecule has 2 nitrogen and oxygen atoms in total. The molecule has 0 N–H and O–H groups in total. The fourth-order valence-corrected chi connectivity index (χ4v) is 0.845. The van der Waals surface area contributed by atoms with Crippen molar-refractivity contribution in [1.82, 2.24) is 0 Å². The Kier molecular flexibility index (Phi) is 1.88. The second-order valence-corrected chi connectivity index (χ2v) is 2.22. The number of cyclic esters (lactones) is 1. The zero-order valence-electron chi connectivity index (χ0n) is 5.30. The predicted octanol–water partition coefficient (Wildman–Crippen LogP) is 1.13. The van der Waals surface area contributed by atoms with Gasteiger partial charge in [-0.2, -0.15) is 0 Å². The molecule has 1 atom stereocenters. The summed E-state index contributed by atoms with van der Waals surface area (Å²) in [4.78, 5) is 10.5. The van der Waals surface area contributed by atoms with E-state index in [-0.39, 0.29) is 5.97 Å². The number of carbonyl (C=O) groups excluding carboxylic acids is 1. The van der Waals surface area contributed by atoms with Crippen LogP contribution >= 0.6 is 0 Å². The van der Waals surface area contributed by atoms with Crippen LogP contribution in [0.2, 0.25) is 0 Å². The maximum absolute atomic E-state index is 10.5. The first-order valence-electron chi connectivity index (χ1n) is 3.11. The Hall–Kier alpha value is -0.790. The van der Waals surface area contributed by atoms with Gasteiger partial charge in [-0.3, -0.25) is 4.79 Å². The molecule has 50 valence electrons. The van der Waals surface area contributed by atoms with Gasteiger partial charge in [-0.05, 0) is 6.42 Å². The lowest BCUT2D eigenvalue weighted by Crippen LogP contribution is -2.19. The van der Waals surface area contributed by atoms with Crippen molar-refractivity contribution < 1.29 is 9.53 Å². The van der Waals surface area contributed by atoms with E-state index in [2.05, 4.69) is 6.58 Å². The molecule has 0 amide bonds. The number of hydrogen-bond acceptors (Lipinski definition) is 2. The quantitative estimate of drug-likeness (QED) is 0.389. The highest BCUT2D eigenvalue weighted by molar-refractivity contribution is 5.70. The average molecular weight is 126 g/mol. The first-order valence-corrected chi connectivity index (χ1v) is 3.11. The Morgan fingerprint density at radius 3 is 3.00 bits per heavy atom. The summed E-state index contributed by atoms with van der Waals surface area (Å²) in [6, 6.07) is 0. The lowest BCUT2D eigenvalue weighted by Gasteiger charge is -2.17. The maximum Gasteiger partial charge on any atom is 0.305 e. The smallest absolute Gasteiger partial charge is 0.305 e. The SMILES string of the molecule is C=CC1CCC(=O)OC1. The number of carbonyl (C=O) groups is 1. The van der Waals surface area contributed by atoms with Gasteiger partial charge >= 0.3 is 5.97 Å². The molecule has 0 aromatic rings. The van der Waals surface area contributed by atoms with E-state index in [1.807, 2.05) is 6.08 Å². The number of rotatable bonds is 1. The second kappa shape index (κ2) is 2.67. The van der Waals surface area contributed by atoms with Crippen LogP contribution in [0.1, 0.15) is 12.8 Å². The molecule has 1 aliphatic heterocycles. The average Bonchev–Trinajstić information content (AvgIpc) is 1.90. The molecule has 1 heterocycles. The van der Waals surface area contributed by atoms with Crippen LogP contribution in [0.15, 0.2) is 12.7 Å². The summed E-state index contributed by atoms with van der Waals surface area (Å²) in [7, 11) is 0. The molecule has 9 heavy (non-hydrogen) atoms. The molecule has 0 aliphatic carbocycles. The first kappa shape index (κ1) is 6.33. The van der Waals surface area contributed by atoms with E-state index in [9.17, 15) is 4.79 Å². The molecule has 0 radical (unpaired) electrons. The van der Waals surface area contributed by atoms with Crippen LogP contribution in [0, 0.1) is 5.92 Å². The topological polar surface area (TPSA) is 26.3 Å². The van der Waals surface area contributed by atoms with E-state index in [4.69, 9.17) is 4.74 Å². The second-order valence-electron chi connectivity index (χ2n) is 2.22. The van der Waals surface area contributed by atoms with Crippen molar-refractivity contribution in [3.63, 3.8) is 0 Å². The molecule has 2 heteroatoms. The Bertz CT molecular complexity index is 119. The van der Waals surface area contributed by atoms with Crippen LogP contribution in [0.25, 0.3) is 0 Å². The van der Waals surface area contributed by atoms with E-state index in [0.717, 1.165) is 6.42 Å². The van der Waals surface area contributed by atoms with Crippen LogP contribution in [0.5, 0.6) is 0 Å². The van der Waals surface area contributed by atoms with Crippen LogP contribution in [-0.4, -0.2) is 12.6 Å². The number of ether oxygens (including phenoxy) is 1. The largest absolute Gasteiger partial charge is 0.465 e. The Morgan fingerprint density at radius 1 is 1.78 bits per heavy atom. The standard InChI is InChI=1S/C7H10O2/c1-2-6-3-4-7(8)9-5-6/h2,6H,1,3-5H2. The minimum absolute atomic E-state index is 0.0758. The lowest BCUT2D eigenvalue weighted by atomic mass is 10.0. The third-order valence-corrected chi connectivity index (χ3v) is 1.51. The van der Waals surface area contributed by atoms with Gasteiger partial charge in [-0.1, -0.05) is 6.08 Å². The molecule has 1 aliphatic rings. The summed E-state index contributed by atoms with van der Waals surface area (Å²) in [6.07, 6.45) is 3.30. The van der Waals surface area contributed by atoms with Crippen LogP contribution < -0.4 is 0 Å². The van der Waals surface area contributed by atoms with Gasteiger partial charge in [0.2, 0.25) is 0 Å². The first-order chi connectivity index (χ1) is 4.33. The van der Waals surface area contributed by atoms with Crippen LogP contribution in [0.4, 0.5) is 0 Å². The summed E-state index contributed by atoms with van der Waals surface area (Å²) < 4.78 is 4.77. The fraction of sp³-hybridized carbons (Fsp3) is 0.571. The molecule has 1 unspecified atom stereocenters. The monoisotopic (exact) mass is 126 g/mol. The highest BCUT2D eigenvalue weighted by atomic mass is 16.5. The number of hydrogen-bond donors (Lipinski definition) is 0. The molecule has 0 spiro atoms. The summed E-state index contributed by atoms with van der Waals surface area (Å²) in [5.74, 6) is 0.316. The molecule has 1 saturated heterocycles. The van der Waals surface area contributed by atoms with Crippen molar-refractivity contribution in [2.24, 2.45) is 5.92 Å². The van der Waals surface area contributed by atoms with E-state index >= 15 is 0 Å². The molecule has 0 bridgehead atoms. The van der Waals surface area contributed by atoms with Crippen molar-refractivity contribution in [1.29, 1.82) is 0 Å². The summed E-state index contributed by atoms with van der Waals surface area (Å²) >= 11 is 0. The Balaban J connectivity index is 2.34. The third kappa shape index (κ3) is 1.56. The normalized spacial score (nSPS) is 27.1. The van der Waals surface area contributed by atoms with Crippen molar-refractivity contribution in [2.45, 2.75) is 12.8 Å². The van der Waals surface area contributed by atoms with E-state index in [0.29, 0.717) is 18.9 Å². The molecule has 0 aromatic heterocycles. The van der Waals surface area contributed by atoms with Crippen molar-refractivity contribution >= 4 is 5.97 Å². The predicted molar refractivity (Wildman–Crippen MR) is 33.9 cm³/mol. The Labute approximate surface area is 54.5 Å². The van der Waals surface area contributed by atoms with E-state index < -0.39 is 0 Å². The number of esters is 1. The fourth-order valence-electron chi connectivity index (χ4n) is 0.845. The molecular formula is C7H10O2. The van der Waals surface area contributed by atoms with E-state index in [1.165, 1.54) is 0 Å². The maximum atomic E-state index is 10.5. The molecule has 0 aromatic carbocycles. The minimum atomic E-state index is -0.0758. The van der Waals surface area contributed by atoms with Gasteiger partial charge in [0.1, 0.15) is 0 Å². The van der Waals surface area contributed by atoms with Crippen molar-refractivity contribution in [3.8, 4) is 0 Å².